The summed E-state index contributed by atoms with van der Waals surface area (Å²) in [5.41, 5.74) is 2.84. The molecular formula is C16H21NO3. The summed E-state index contributed by atoms with van der Waals surface area (Å²) >= 11 is 0. The van der Waals surface area contributed by atoms with Crippen LogP contribution in [0.5, 0.6) is 0 Å². The molecular weight excluding hydrogens is 254 g/mol. The van der Waals surface area contributed by atoms with Crippen LogP contribution < -0.4 is 0 Å². The maximum Gasteiger partial charge on any atom is 0.335 e. The minimum absolute atomic E-state index is 0.355. The lowest BCUT2D eigenvalue weighted by Crippen LogP contribution is -2.38. The molecule has 1 aromatic carbocycles. The minimum atomic E-state index is -0.847. The Bertz CT molecular complexity index is 494. The van der Waals surface area contributed by atoms with Crippen molar-refractivity contribution in [3.05, 3.63) is 34.9 Å². The predicted molar refractivity (Wildman–Crippen MR) is 76.0 cm³/mol. The summed E-state index contributed by atoms with van der Waals surface area (Å²) < 4.78 is 5.79. The van der Waals surface area contributed by atoms with Crippen LogP contribution in [0.2, 0.25) is 0 Å². The summed E-state index contributed by atoms with van der Waals surface area (Å²) in [4.78, 5) is 13.4. The van der Waals surface area contributed by atoms with Crippen molar-refractivity contribution in [2.75, 3.05) is 19.7 Å². The van der Waals surface area contributed by atoms with E-state index in [0.717, 1.165) is 44.6 Å². The number of benzene rings is 1. The highest BCUT2D eigenvalue weighted by Crippen LogP contribution is 2.22. The fraction of sp³-hybridized carbons (Fsp3) is 0.562. The van der Waals surface area contributed by atoms with Crippen molar-refractivity contribution in [2.45, 2.75) is 38.3 Å². The van der Waals surface area contributed by atoms with Crippen molar-refractivity contribution in [2.24, 2.45) is 0 Å². The van der Waals surface area contributed by atoms with E-state index in [4.69, 9.17) is 9.84 Å². The van der Waals surface area contributed by atoms with Crippen LogP contribution in [0.3, 0.4) is 0 Å². The molecule has 1 N–H and O–H groups in total. The van der Waals surface area contributed by atoms with Crippen molar-refractivity contribution in [3.63, 3.8) is 0 Å². The van der Waals surface area contributed by atoms with E-state index in [1.807, 2.05) is 12.1 Å². The fourth-order valence-corrected chi connectivity index (χ4v) is 3.14. The van der Waals surface area contributed by atoms with Gasteiger partial charge in [-0.2, -0.15) is 0 Å². The zero-order valence-corrected chi connectivity index (χ0v) is 11.7. The fourth-order valence-electron chi connectivity index (χ4n) is 3.14. The van der Waals surface area contributed by atoms with Gasteiger partial charge in [0.2, 0.25) is 0 Å². The second-order valence-electron chi connectivity index (χ2n) is 5.76. The van der Waals surface area contributed by atoms with Gasteiger partial charge in [-0.1, -0.05) is 6.07 Å². The van der Waals surface area contributed by atoms with E-state index in [1.165, 1.54) is 18.4 Å². The Morgan fingerprint density at radius 2 is 2.25 bits per heavy atom. The molecule has 0 spiro atoms. The number of fused-ring (bicyclic) bond motifs is 1. The molecule has 4 nitrogen and oxygen atoms in total. The third kappa shape index (κ3) is 3.02. The molecule has 1 fully saturated rings. The lowest BCUT2D eigenvalue weighted by Gasteiger charge is -2.33. The standard InChI is InChI=1S/C16H21NO3/c18-16(19)13-5-4-12-6-7-17(10-14(12)9-13)11-15-3-1-2-8-20-15/h4-5,9,15H,1-3,6-8,10-11H2,(H,18,19). The van der Waals surface area contributed by atoms with Crippen LogP contribution in [0, 0.1) is 0 Å². The highest BCUT2D eigenvalue weighted by molar-refractivity contribution is 5.87. The quantitative estimate of drug-likeness (QED) is 0.919. The molecule has 2 heterocycles. The van der Waals surface area contributed by atoms with Crippen molar-refractivity contribution in [1.29, 1.82) is 0 Å². The Labute approximate surface area is 119 Å². The Kier molecular flexibility index (Phi) is 4.03. The lowest BCUT2D eigenvalue weighted by molar-refractivity contribution is -0.00802. The van der Waals surface area contributed by atoms with Gasteiger partial charge in [-0.25, -0.2) is 4.79 Å². The van der Waals surface area contributed by atoms with E-state index in [9.17, 15) is 4.79 Å². The molecule has 0 amide bonds. The van der Waals surface area contributed by atoms with Crippen molar-refractivity contribution in [3.8, 4) is 0 Å². The lowest BCUT2D eigenvalue weighted by atomic mass is 9.97. The van der Waals surface area contributed by atoms with Crippen LogP contribution in [-0.2, 0) is 17.7 Å². The number of carboxylic acids is 1. The molecule has 1 aromatic rings. The van der Waals surface area contributed by atoms with Gasteiger partial charge < -0.3 is 9.84 Å². The number of nitrogens with zero attached hydrogens (tertiary/aromatic N) is 1. The van der Waals surface area contributed by atoms with Gasteiger partial charge in [0.25, 0.3) is 0 Å². The summed E-state index contributed by atoms with van der Waals surface area (Å²) in [7, 11) is 0. The highest BCUT2D eigenvalue weighted by Gasteiger charge is 2.22. The number of ether oxygens (including phenoxy) is 1. The summed E-state index contributed by atoms with van der Waals surface area (Å²) in [6, 6.07) is 5.50. The molecule has 3 rings (SSSR count). The van der Waals surface area contributed by atoms with Crippen LogP contribution in [-0.4, -0.2) is 41.8 Å². The van der Waals surface area contributed by atoms with Gasteiger partial charge in [0, 0.05) is 26.2 Å². The molecule has 0 aliphatic carbocycles. The van der Waals surface area contributed by atoms with E-state index in [1.54, 1.807) is 6.07 Å². The summed E-state index contributed by atoms with van der Waals surface area (Å²) in [6.45, 7) is 3.74. The molecule has 2 aliphatic heterocycles. The zero-order chi connectivity index (χ0) is 13.9. The summed E-state index contributed by atoms with van der Waals surface area (Å²) in [6.07, 6.45) is 4.95. The molecule has 0 radical (unpaired) electrons. The van der Waals surface area contributed by atoms with Crippen LogP contribution in [0.25, 0.3) is 0 Å². The third-order valence-corrected chi connectivity index (χ3v) is 4.28. The van der Waals surface area contributed by atoms with E-state index in [-0.39, 0.29) is 0 Å². The van der Waals surface area contributed by atoms with Crippen molar-refractivity contribution in [1.82, 2.24) is 4.90 Å². The Balaban J connectivity index is 1.67. The molecule has 0 aromatic heterocycles. The van der Waals surface area contributed by atoms with Gasteiger partial charge in [0.1, 0.15) is 0 Å². The topological polar surface area (TPSA) is 49.8 Å². The molecule has 0 saturated carbocycles. The van der Waals surface area contributed by atoms with Crippen LogP contribution in [0.15, 0.2) is 18.2 Å². The highest BCUT2D eigenvalue weighted by atomic mass is 16.5. The Morgan fingerprint density at radius 3 is 3.00 bits per heavy atom. The predicted octanol–water partition coefficient (Wildman–Crippen LogP) is 2.31. The Hall–Kier alpha value is -1.39. The second-order valence-corrected chi connectivity index (χ2v) is 5.76. The van der Waals surface area contributed by atoms with E-state index < -0.39 is 5.97 Å². The number of hydrogen-bond donors (Lipinski definition) is 1. The van der Waals surface area contributed by atoms with Crippen LogP contribution in [0.1, 0.15) is 40.7 Å². The molecule has 1 unspecified atom stereocenters. The van der Waals surface area contributed by atoms with E-state index in [0.29, 0.717) is 11.7 Å². The first-order valence-electron chi connectivity index (χ1n) is 7.41. The number of carbonyl (C=O) groups is 1. The Morgan fingerprint density at radius 1 is 1.35 bits per heavy atom. The molecule has 108 valence electrons. The normalized spacial score (nSPS) is 23.3. The van der Waals surface area contributed by atoms with Gasteiger partial charge in [-0.15, -0.1) is 0 Å². The molecule has 2 aliphatic rings. The third-order valence-electron chi connectivity index (χ3n) is 4.28. The summed E-state index contributed by atoms with van der Waals surface area (Å²) in [5.74, 6) is -0.847. The number of rotatable bonds is 3. The number of aromatic carboxylic acids is 1. The first-order chi connectivity index (χ1) is 9.72. The smallest absolute Gasteiger partial charge is 0.335 e. The largest absolute Gasteiger partial charge is 0.478 e. The number of carboxylic acid groups (broad SMARTS) is 1. The molecule has 1 saturated heterocycles. The molecule has 20 heavy (non-hydrogen) atoms. The van der Waals surface area contributed by atoms with Crippen LogP contribution >= 0.6 is 0 Å². The SMILES string of the molecule is O=C(O)c1ccc2c(c1)CN(CC1CCCCO1)CC2. The average molecular weight is 275 g/mol. The maximum absolute atomic E-state index is 11.1. The van der Waals surface area contributed by atoms with Gasteiger partial charge >= 0.3 is 5.97 Å². The minimum Gasteiger partial charge on any atom is -0.478 e. The first kappa shape index (κ1) is 13.6. The molecule has 1 atom stereocenters. The molecule has 0 bridgehead atoms. The first-order valence-corrected chi connectivity index (χ1v) is 7.41. The van der Waals surface area contributed by atoms with Gasteiger partial charge in [0.05, 0.1) is 11.7 Å². The maximum atomic E-state index is 11.1. The number of hydrogen-bond acceptors (Lipinski definition) is 3. The van der Waals surface area contributed by atoms with Crippen LogP contribution in [0.4, 0.5) is 0 Å². The van der Waals surface area contributed by atoms with Crippen molar-refractivity contribution < 1.29 is 14.6 Å². The summed E-state index contributed by atoms with van der Waals surface area (Å²) in [5, 5.41) is 9.08. The van der Waals surface area contributed by atoms with Gasteiger partial charge in [0.15, 0.2) is 0 Å². The van der Waals surface area contributed by atoms with E-state index >= 15 is 0 Å². The second kappa shape index (κ2) is 5.94. The molecule has 4 heteroatoms. The zero-order valence-electron chi connectivity index (χ0n) is 11.7. The van der Waals surface area contributed by atoms with Gasteiger partial charge in [-0.05, 0) is 48.9 Å². The monoisotopic (exact) mass is 275 g/mol. The van der Waals surface area contributed by atoms with Gasteiger partial charge in [-0.3, -0.25) is 4.90 Å². The van der Waals surface area contributed by atoms with E-state index in [2.05, 4.69) is 4.90 Å². The van der Waals surface area contributed by atoms with Crippen molar-refractivity contribution >= 4 is 5.97 Å². The average Bonchev–Trinajstić information content (AvgIpc) is 2.47.